The summed E-state index contributed by atoms with van der Waals surface area (Å²) < 4.78 is 0. The molecule has 15 heavy (non-hydrogen) atoms. The van der Waals surface area contributed by atoms with Gasteiger partial charge in [-0.05, 0) is 25.3 Å². The fourth-order valence-corrected chi connectivity index (χ4v) is 1.82. The van der Waals surface area contributed by atoms with Crippen LogP contribution in [-0.2, 0) is 6.42 Å². The maximum absolute atomic E-state index is 9.10. The van der Waals surface area contributed by atoms with Gasteiger partial charge < -0.3 is 5.11 Å². The molecule has 2 atom stereocenters. The van der Waals surface area contributed by atoms with Gasteiger partial charge in [-0.3, -0.25) is 0 Å². The van der Waals surface area contributed by atoms with Crippen molar-refractivity contribution in [3.05, 3.63) is 35.9 Å². The normalized spacial score (nSPS) is 17.1. The summed E-state index contributed by atoms with van der Waals surface area (Å²) >= 11 is 9.67. The molecule has 0 aliphatic rings. The summed E-state index contributed by atoms with van der Waals surface area (Å²) in [6.45, 7) is 1.83. The molecule has 0 aliphatic carbocycles. The van der Waals surface area contributed by atoms with Gasteiger partial charge in [0, 0.05) is 4.83 Å². The van der Waals surface area contributed by atoms with Crippen molar-refractivity contribution in [1.29, 1.82) is 0 Å². The van der Waals surface area contributed by atoms with E-state index in [2.05, 4.69) is 28.1 Å². The standard InChI is InChI=1S/C12H16BrClO/c1-12(14,9-15)11(13)8-7-10-5-3-2-4-6-10/h2-6,11,15H,7-9H2,1H3/t11-,12+/m1/s1. The SMILES string of the molecule is C[C@](Cl)(CO)[C@H](Br)CCc1ccccc1. The van der Waals surface area contributed by atoms with E-state index in [0.717, 1.165) is 12.8 Å². The van der Waals surface area contributed by atoms with Crippen molar-refractivity contribution in [1.82, 2.24) is 0 Å². The molecule has 0 fully saturated rings. The number of hydrogen-bond acceptors (Lipinski definition) is 1. The lowest BCUT2D eigenvalue weighted by molar-refractivity contribution is 0.248. The maximum atomic E-state index is 9.10. The Kier molecular flexibility index (Phi) is 5.10. The van der Waals surface area contributed by atoms with Gasteiger partial charge in [-0.2, -0.15) is 0 Å². The van der Waals surface area contributed by atoms with Crippen molar-refractivity contribution < 1.29 is 5.11 Å². The third-order valence-corrected chi connectivity index (χ3v) is 4.61. The van der Waals surface area contributed by atoms with Crippen LogP contribution in [0.3, 0.4) is 0 Å². The largest absolute Gasteiger partial charge is 0.395 e. The molecule has 0 amide bonds. The zero-order valence-electron chi connectivity index (χ0n) is 8.79. The van der Waals surface area contributed by atoms with E-state index < -0.39 is 4.87 Å². The molecule has 0 saturated heterocycles. The van der Waals surface area contributed by atoms with Crippen molar-refractivity contribution in [2.75, 3.05) is 6.61 Å². The third kappa shape index (κ3) is 4.13. The average Bonchev–Trinajstić information content (AvgIpc) is 2.27. The molecule has 84 valence electrons. The molecule has 3 heteroatoms. The van der Waals surface area contributed by atoms with E-state index in [1.54, 1.807) is 0 Å². The van der Waals surface area contributed by atoms with Crippen molar-refractivity contribution in [2.45, 2.75) is 29.5 Å². The van der Waals surface area contributed by atoms with Gasteiger partial charge in [-0.1, -0.05) is 46.3 Å². The quantitative estimate of drug-likeness (QED) is 0.825. The molecule has 1 aromatic rings. The number of halogens is 2. The molecule has 1 nitrogen and oxygen atoms in total. The number of benzene rings is 1. The van der Waals surface area contributed by atoms with Gasteiger partial charge in [-0.25, -0.2) is 0 Å². The molecule has 0 bridgehead atoms. The van der Waals surface area contributed by atoms with E-state index in [1.807, 2.05) is 25.1 Å². The van der Waals surface area contributed by atoms with Crippen LogP contribution in [0.4, 0.5) is 0 Å². The summed E-state index contributed by atoms with van der Waals surface area (Å²) in [7, 11) is 0. The van der Waals surface area contributed by atoms with Gasteiger partial charge in [0.2, 0.25) is 0 Å². The van der Waals surface area contributed by atoms with Gasteiger partial charge in [-0.15, -0.1) is 11.6 Å². The minimum Gasteiger partial charge on any atom is -0.395 e. The van der Waals surface area contributed by atoms with E-state index >= 15 is 0 Å². The van der Waals surface area contributed by atoms with Gasteiger partial charge in [0.05, 0.1) is 11.5 Å². The first-order chi connectivity index (χ1) is 7.06. The lowest BCUT2D eigenvalue weighted by Gasteiger charge is -2.25. The van der Waals surface area contributed by atoms with Crippen molar-refractivity contribution >= 4 is 27.5 Å². The van der Waals surface area contributed by atoms with Crippen molar-refractivity contribution in [3.63, 3.8) is 0 Å². The first-order valence-corrected chi connectivity index (χ1v) is 6.33. The molecule has 0 unspecified atom stereocenters. The zero-order valence-corrected chi connectivity index (χ0v) is 11.1. The second-order valence-corrected chi connectivity index (χ2v) is 5.90. The Bertz CT molecular complexity index is 287. The summed E-state index contributed by atoms with van der Waals surface area (Å²) in [6, 6.07) is 10.3. The lowest BCUT2D eigenvalue weighted by Crippen LogP contribution is -2.33. The molecule has 0 aliphatic heterocycles. The van der Waals surface area contributed by atoms with E-state index in [9.17, 15) is 0 Å². The fraction of sp³-hybridized carbons (Fsp3) is 0.500. The second kappa shape index (κ2) is 5.88. The van der Waals surface area contributed by atoms with Crippen LogP contribution in [0.1, 0.15) is 18.9 Å². The van der Waals surface area contributed by atoms with Crippen LogP contribution in [0.15, 0.2) is 30.3 Å². The van der Waals surface area contributed by atoms with Crippen LogP contribution < -0.4 is 0 Å². The Morgan fingerprint density at radius 2 is 2.00 bits per heavy atom. The maximum Gasteiger partial charge on any atom is 0.0773 e. The van der Waals surface area contributed by atoms with Crippen LogP contribution in [0.2, 0.25) is 0 Å². The van der Waals surface area contributed by atoms with Crippen molar-refractivity contribution in [3.8, 4) is 0 Å². The number of aryl methyl sites for hydroxylation is 1. The summed E-state index contributed by atoms with van der Waals surface area (Å²) in [4.78, 5) is -0.453. The molecular formula is C12H16BrClO. The minimum absolute atomic E-state index is 0.0146. The predicted octanol–water partition coefficient (Wildman–Crippen LogP) is 3.37. The molecule has 1 rings (SSSR count). The first kappa shape index (κ1) is 13.0. The summed E-state index contributed by atoms with van der Waals surface area (Å²) in [5.74, 6) is 0. The second-order valence-electron chi connectivity index (χ2n) is 3.93. The van der Waals surface area contributed by atoms with Gasteiger partial charge in [0.15, 0.2) is 0 Å². The van der Waals surface area contributed by atoms with Crippen molar-refractivity contribution in [2.24, 2.45) is 0 Å². The highest BCUT2D eigenvalue weighted by Gasteiger charge is 2.28. The van der Waals surface area contributed by atoms with E-state index in [1.165, 1.54) is 5.56 Å². The van der Waals surface area contributed by atoms with Crippen LogP contribution >= 0.6 is 27.5 Å². The van der Waals surface area contributed by atoms with Crippen LogP contribution in [0.5, 0.6) is 0 Å². The number of aliphatic hydroxyl groups excluding tert-OH is 1. The fourth-order valence-electron chi connectivity index (χ4n) is 1.34. The Morgan fingerprint density at radius 3 is 2.53 bits per heavy atom. The predicted molar refractivity (Wildman–Crippen MR) is 68.8 cm³/mol. The van der Waals surface area contributed by atoms with Gasteiger partial charge in [0.25, 0.3) is 0 Å². The topological polar surface area (TPSA) is 20.2 Å². The highest BCUT2D eigenvalue weighted by Crippen LogP contribution is 2.28. The molecule has 1 aromatic carbocycles. The molecular weight excluding hydrogens is 275 g/mol. The Labute approximate surface area is 105 Å². The number of rotatable bonds is 5. The van der Waals surface area contributed by atoms with E-state index in [4.69, 9.17) is 16.7 Å². The average molecular weight is 292 g/mol. The molecule has 1 N–H and O–H groups in total. The number of aliphatic hydroxyl groups is 1. The number of hydrogen-bond donors (Lipinski definition) is 1. The van der Waals surface area contributed by atoms with E-state index in [-0.39, 0.29) is 11.4 Å². The molecule has 0 spiro atoms. The first-order valence-electron chi connectivity index (χ1n) is 5.04. The third-order valence-electron chi connectivity index (χ3n) is 2.49. The van der Waals surface area contributed by atoms with Gasteiger partial charge in [0.1, 0.15) is 0 Å². The monoisotopic (exact) mass is 290 g/mol. The smallest absolute Gasteiger partial charge is 0.0773 e. The van der Waals surface area contributed by atoms with Gasteiger partial charge >= 0.3 is 0 Å². The molecule has 0 radical (unpaired) electrons. The Balaban J connectivity index is 2.44. The summed E-state index contributed by atoms with van der Waals surface area (Å²) in [6.07, 6.45) is 1.89. The molecule has 0 heterocycles. The zero-order chi connectivity index (χ0) is 11.3. The Morgan fingerprint density at radius 1 is 1.40 bits per heavy atom. The summed E-state index contributed by atoms with van der Waals surface area (Å²) in [5.41, 5.74) is 1.30. The van der Waals surface area contributed by atoms with Crippen LogP contribution in [0.25, 0.3) is 0 Å². The van der Waals surface area contributed by atoms with Crippen LogP contribution in [0, 0.1) is 0 Å². The highest BCUT2D eigenvalue weighted by molar-refractivity contribution is 9.09. The lowest BCUT2D eigenvalue weighted by atomic mass is 10.0. The molecule has 0 saturated carbocycles. The highest BCUT2D eigenvalue weighted by atomic mass is 79.9. The number of alkyl halides is 2. The molecule has 0 aromatic heterocycles. The Hall–Kier alpha value is -0.0500. The minimum atomic E-state index is -0.575. The van der Waals surface area contributed by atoms with E-state index in [0.29, 0.717) is 0 Å². The van der Waals surface area contributed by atoms with Crippen LogP contribution in [-0.4, -0.2) is 21.4 Å². The summed E-state index contributed by atoms with van der Waals surface area (Å²) in [5, 5.41) is 9.10.